The molecule has 5 heavy (non-hydrogen) atoms. The molecule has 0 amide bonds. The molecule has 0 aliphatic carbocycles. The van der Waals surface area contributed by atoms with Gasteiger partial charge in [-0.1, -0.05) is 31.9 Å². The number of rotatable bonds is 1. The number of hydrogen-bond acceptors (Lipinski definition) is 0. The third-order valence-corrected chi connectivity index (χ3v) is 1.93. The van der Waals surface area contributed by atoms with Gasteiger partial charge in [-0.15, -0.1) is 0 Å². The van der Waals surface area contributed by atoms with Gasteiger partial charge >= 0.3 is 23.7 Å². The van der Waals surface area contributed by atoms with E-state index in [9.17, 15) is 0 Å². The molecule has 0 heterocycles. The van der Waals surface area contributed by atoms with Gasteiger partial charge in [0.2, 0.25) is 0 Å². The Kier molecular flexibility index (Phi) is 18.2. The predicted octanol–water partition coefficient (Wildman–Crippen LogP) is 0.860. The second kappa shape index (κ2) is 9.23. The van der Waals surface area contributed by atoms with Crippen LogP contribution < -0.4 is 0 Å². The van der Waals surface area contributed by atoms with Gasteiger partial charge in [-0.05, 0) is 0 Å². The Labute approximate surface area is 65.7 Å². The zero-order chi connectivity index (χ0) is 3.41. The molecule has 3 heteroatoms. The van der Waals surface area contributed by atoms with Crippen molar-refractivity contribution < 1.29 is 0 Å². The summed E-state index contributed by atoms with van der Waals surface area (Å²) in [4.78, 5) is 0. The van der Waals surface area contributed by atoms with Crippen molar-refractivity contribution in [1.29, 1.82) is 0 Å². The van der Waals surface area contributed by atoms with Crippen LogP contribution in [0.2, 0.25) is 0 Å². The van der Waals surface area contributed by atoms with E-state index in [4.69, 9.17) is 0 Å². The summed E-state index contributed by atoms with van der Waals surface area (Å²) in [5, 5.41) is 2.10. The van der Waals surface area contributed by atoms with E-state index in [0.29, 0.717) is 0 Å². The monoisotopic (exact) mass is 318 g/mol. The molecule has 0 spiro atoms. The van der Waals surface area contributed by atoms with Gasteiger partial charge < -0.3 is 0 Å². The summed E-state index contributed by atoms with van der Waals surface area (Å²) < 4.78 is 0. The van der Waals surface area contributed by atoms with E-state index >= 15 is 0 Å². The van der Waals surface area contributed by atoms with Gasteiger partial charge in [0.1, 0.15) is 0 Å². The average molecular weight is 317 g/mol. The van der Waals surface area contributed by atoms with Gasteiger partial charge in [-0.2, -0.15) is 0 Å². The van der Waals surface area contributed by atoms with Crippen LogP contribution in [-0.4, -0.2) is 34.3 Å². The fourth-order valence-corrected chi connectivity index (χ4v) is 0. The molecule has 0 fully saturated rings. The van der Waals surface area contributed by atoms with Crippen molar-refractivity contribution in [1.82, 2.24) is 0 Å². The van der Waals surface area contributed by atoms with Crippen molar-refractivity contribution in [2.45, 2.75) is 0 Å². The van der Waals surface area contributed by atoms with Crippen molar-refractivity contribution in [3.8, 4) is 0 Å². The van der Waals surface area contributed by atoms with E-state index in [2.05, 4.69) is 31.9 Å². The van der Waals surface area contributed by atoms with Crippen LogP contribution in [0.15, 0.2) is 0 Å². The molecule has 0 unspecified atom stereocenters. The SMILES string of the molecule is BrCCBr.[TeH2]. The molecule has 0 N–H and O–H groups in total. The average Bonchev–Trinajstić information content (AvgIpc) is 1.37. The molecule has 0 aliphatic heterocycles. The van der Waals surface area contributed by atoms with E-state index in [-0.39, 0.29) is 23.7 Å². The third kappa shape index (κ3) is 10.7. The molecule has 0 bridgehead atoms. The van der Waals surface area contributed by atoms with Crippen LogP contribution >= 0.6 is 31.9 Å². The Morgan fingerprint density at radius 1 is 1.00 bits per heavy atom. The summed E-state index contributed by atoms with van der Waals surface area (Å²) >= 11 is 6.40. The molecule has 0 nitrogen and oxygen atoms in total. The Balaban J connectivity index is 0. The summed E-state index contributed by atoms with van der Waals surface area (Å²) in [6, 6.07) is 0. The van der Waals surface area contributed by atoms with E-state index < -0.39 is 0 Å². The summed E-state index contributed by atoms with van der Waals surface area (Å²) in [7, 11) is 0. The molecule has 0 rings (SSSR count). The summed E-state index contributed by atoms with van der Waals surface area (Å²) in [6.07, 6.45) is 0. The molecule has 0 saturated carbocycles. The van der Waals surface area contributed by atoms with Crippen LogP contribution in [0.1, 0.15) is 0 Å². The Hall–Kier alpha value is 1.75. The van der Waals surface area contributed by atoms with Crippen molar-refractivity contribution >= 4 is 55.5 Å². The number of hydrogen-bond donors (Lipinski definition) is 0. The maximum absolute atomic E-state index is 3.20. The number of alkyl halides is 2. The topological polar surface area (TPSA) is 0 Å². The molecular formula is C2H6Br2Te. The molecule has 0 aromatic carbocycles. The zero-order valence-corrected chi connectivity index (χ0v) is 8.70. The molecule has 0 aliphatic rings. The van der Waals surface area contributed by atoms with Crippen LogP contribution in [-0.2, 0) is 0 Å². The van der Waals surface area contributed by atoms with Crippen molar-refractivity contribution in [2.75, 3.05) is 10.7 Å². The fraction of sp³-hybridized carbons (Fsp3) is 1.00. The van der Waals surface area contributed by atoms with Crippen molar-refractivity contribution in [3.05, 3.63) is 0 Å². The van der Waals surface area contributed by atoms with Crippen molar-refractivity contribution in [3.63, 3.8) is 0 Å². The van der Waals surface area contributed by atoms with E-state index in [0.717, 1.165) is 10.7 Å². The summed E-state index contributed by atoms with van der Waals surface area (Å²) in [5.41, 5.74) is 0. The van der Waals surface area contributed by atoms with Gasteiger partial charge in [-0.25, -0.2) is 0 Å². The summed E-state index contributed by atoms with van der Waals surface area (Å²) in [6.45, 7) is 0. The Morgan fingerprint density at radius 2 is 1.20 bits per heavy atom. The third-order valence-electron chi connectivity index (χ3n) is 0.0714. The molecule has 0 aromatic rings. The molecule has 0 saturated heterocycles. The second-order valence-corrected chi connectivity index (χ2v) is 1.96. The van der Waals surface area contributed by atoms with Gasteiger partial charge in [0.25, 0.3) is 0 Å². The van der Waals surface area contributed by atoms with Crippen molar-refractivity contribution in [2.24, 2.45) is 0 Å². The molecule has 34 valence electrons. The Bertz CT molecular complexity index is 9.61. The molecular weight excluding hydrogens is 311 g/mol. The van der Waals surface area contributed by atoms with E-state index in [1.165, 1.54) is 0 Å². The minimum absolute atomic E-state index is 0. The van der Waals surface area contributed by atoms with Crippen LogP contribution in [0.5, 0.6) is 0 Å². The minimum atomic E-state index is 0. The first-order chi connectivity index (χ1) is 1.91. The van der Waals surface area contributed by atoms with Gasteiger partial charge in [-0.3, -0.25) is 0 Å². The van der Waals surface area contributed by atoms with Crippen LogP contribution in [0.3, 0.4) is 0 Å². The predicted molar refractivity (Wildman–Crippen MR) is 36.1 cm³/mol. The van der Waals surface area contributed by atoms with E-state index in [1.54, 1.807) is 0 Å². The van der Waals surface area contributed by atoms with Crippen LogP contribution in [0.25, 0.3) is 0 Å². The van der Waals surface area contributed by atoms with Crippen LogP contribution in [0, 0.1) is 0 Å². The number of halogens is 2. The molecule has 0 radical (unpaired) electrons. The molecule has 0 aromatic heterocycles. The van der Waals surface area contributed by atoms with Gasteiger partial charge in [0, 0.05) is 10.7 Å². The zero-order valence-electron chi connectivity index (χ0n) is 2.67. The van der Waals surface area contributed by atoms with Gasteiger partial charge in [0.15, 0.2) is 0 Å². The van der Waals surface area contributed by atoms with Crippen LogP contribution in [0.4, 0.5) is 0 Å². The first-order valence-corrected chi connectivity index (χ1v) is 3.28. The maximum atomic E-state index is 3.20. The van der Waals surface area contributed by atoms with Gasteiger partial charge in [0.05, 0.1) is 0 Å². The first kappa shape index (κ1) is 9.89. The summed E-state index contributed by atoms with van der Waals surface area (Å²) in [5.74, 6) is 0. The fourth-order valence-electron chi connectivity index (χ4n) is 0. The Morgan fingerprint density at radius 3 is 1.20 bits per heavy atom. The second-order valence-electron chi connectivity index (χ2n) is 0.378. The first-order valence-electron chi connectivity index (χ1n) is 1.03. The van der Waals surface area contributed by atoms with E-state index in [1.807, 2.05) is 0 Å². The molecule has 0 atom stereocenters. The standard InChI is InChI=1S/C2H4Br2.H2Te/c3-1-2-4;/h1-2H2;1H2. The normalized spacial score (nSPS) is 6.00. The quantitative estimate of drug-likeness (QED) is 0.497.